The zero-order valence-electron chi connectivity index (χ0n) is 14.0. The number of fused-ring (bicyclic) bond motifs is 2. The summed E-state index contributed by atoms with van der Waals surface area (Å²) in [6, 6.07) is 11.5. The fraction of sp³-hybridized carbons (Fsp3) is 0.150. The van der Waals surface area contributed by atoms with Crippen molar-refractivity contribution in [1.82, 2.24) is 9.97 Å². The molecule has 4 aromatic rings. The van der Waals surface area contributed by atoms with Gasteiger partial charge in [-0.25, -0.2) is 0 Å². The average Bonchev–Trinajstić information content (AvgIpc) is 2.98. The molecule has 0 aliphatic heterocycles. The van der Waals surface area contributed by atoms with Gasteiger partial charge in [0.25, 0.3) is 5.91 Å². The predicted octanol–water partition coefficient (Wildman–Crippen LogP) is 4.50. The third-order valence-electron chi connectivity index (χ3n) is 4.34. The maximum absolute atomic E-state index is 12.7. The van der Waals surface area contributed by atoms with Crippen LogP contribution in [0.2, 0.25) is 0 Å². The molecule has 0 atom stereocenters. The van der Waals surface area contributed by atoms with Crippen LogP contribution in [0.4, 0.5) is 5.69 Å². The van der Waals surface area contributed by atoms with Crippen LogP contribution in [0.15, 0.2) is 53.2 Å². The van der Waals surface area contributed by atoms with Crippen molar-refractivity contribution in [3.05, 3.63) is 65.7 Å². The average molecular weight is 331 g/mol. The number of aryl methyl sites for hydroxylation is 2. The molecule has 25 heavy (non-hydrogen) atoms. The van der Waals surface area contributed by atoms with Crippen LogP contribution in [-0.2, 0) is 6.42 Å². The molecule has 2 aromatic heterocycles. The van der Waals surface area contributed by atoms with Gasteiger partial charge in [-0.2, -0.15) is 0 Å². The largest absolute Gasteiger partial charge is 0.451 e. The number of nitrogens with one attached hydrogen (secondary N) is 1. The van der Waals surface area contributed by atoms with Crippen LogP contribution in [0, 0.1) is 6.92 Å². The van der Waals surface area contributed by atoms with E-state index >= 15 is 0 Å². The Morgan fingerprint density at radius 3 is 2.68 bits per heavy atom. The minimum atomic E-state index is -0.269. The molecular weight excluding hydrogens is 314 g/mol. The van der Waals surface area contributed by atoms with Crippen LogP contribution in [-0.4, -0.2) is 15.9 Å². The number of benzene rings is 2. The van der Waals surface area contributed by atoms with Gasteiger partial charge < -0.3 is 9.73 Å². The van der Waals surface area contributed by atoms with E-state index in [9.17, 15) is 4.79 Å². The van der Waals surface area contributed by atoms with Crippen molar-refractivity contribution in [2.75, 3.05) is 5.32 Å². The van der Waals surface area contributed by atoms with Crippen molar-refractivity contribution in [3.8, 4) is 0 Å². The number of carbonyl (C=O) groups is 1. The first kappa shape index (κ1) is 15.3. The summed E-state index contributed by atoms with van der Waals surface area (Å²) < 4.78 is 5.78. The van der Waals surface area contributed by atoms with E-state index in [0.717, 1.165) is 34.0 Å². The number of carbonyl (C=O) groups excluding carboxylic acids is 1. The summed E-state index contributed by atoms with van der Waals surface area (Å²) in [5, 5.41) is 3.86. The van der Waals surface area contributed by atoms with Crippen molar-refractivity contribution in [2.45, 2.75) is 20.3 Å². The summed E-state index contributed by atoms with van der Waals surface area (Å²) in [6.45, 7) is 4.01. The summed E-state index contributed by atoms with van der Waals surface area (Å²) in [4.78, 5) is 21.1. The number of nitrogens with zero attached hydrogens (tertiary/aromatic N) is 2. The first-order valence-electron chi connectivity index (χ1n) is 8.20. The zero-order chi connectivity index (χ0) is 17.4. The monoisotopic (exact) mass is 331 g/mol. The fourth-order valence-electron chi connectivity index (χ4n) is 2.93. The third-order valence-corrected chi connectivity index (χ3v) is 4.34. The second kappa shape index (κ2) is 6.02. The molecule has 0 spiro atoms. The molecule has 0 bridgehead atoms. The van der Waals surface area contributed by atoms with E-state index in [1.807, 2.05) is 31.2 Å². The van der Waals surface area contributed by atoms with Gasteiger partial charge in [0.2, 0.25) is 0 Å². The number of anilines is 1. The van der Waals surface area contributed by atoms with E-state index in [0.29, 0.717) is 11.4 Å². The Balaban J connectivity index is 1.68. The van der Waals surface area contributed by atoms with Crippen LogP contribution in [0.3, 0.4) is 0 Å². The summed E-state index contributed by atoms with van der Waals surface area (Å²) >= 11 is 0. The van der Waals surface area contributed by atoms with Gasteiger partial charge in [-0.3, -0.25) is 14.8 Å². The van der Waals surface area contributed by atoms with Crippen molar-refractivity contribution < 1.29 is 9.21 Å². The van der Waals surface area contributed by atoms with E-state index in [1.54, 1.807) is 18.5 Å². The van der Waals surface area contributed by atoms with Crippen LogP contribution in [0.1, 0.15) is 28.6 Å². The molecule has 0 saturated carbocycles. The standard InChI is InChI=1S/C20H17N3O2/c1-3-13-4-7-18-15(10-13)12(2)19(25-18)20(24)23-14-5-6-16-17(11-14)22-9-8-21-16/h4-11H,3H2,1-2H3,(H,23,24). The second-order valence-electron chi connectivity index (χ2n) is 5.95. The number of hydrogen-bond donors (Lipinski definition) is 1. The van der Waals surface area contributed by atoms with Crippen LogP contribution < -0.4 is 5.32 Å². The summed E-state index contributed by atoms with van der Waals surface area (Å²) in [7, 11) is 0. The summed E-state index contributed by atoms with van der Waals surface area (Å²) in [5.74, 6) is 0.0671. The lowest BCUT2D eigenvalue weighted by molar-refractivity contribution is 0.0998. The first-order chi connectivity index (χ1) is 12.2. The Kier molecular flexibility index (Phi) is 3.69. The molecular formula is C20H17N3O2. The van der Waals surface area contributed by atoms with Crippen LogP contribution >= 0.6 is 0 Å². The molecule has 5 nitrogen and oxygen atoms in total. The lowest BCUT2D eigenvalue weighted by Crippen LogP contribution is -2.12. The molecule has 124 valence electrons. The molecule has 0 aliphatic rings. The fourth-order valence-corrected chi connectivity index (χ4v) is 2.93. The molecule has 0 unspecified atom stereocenters. The van der Waals surface area contributed by atoms with E-state index in [2.05, 4.69) is 28.3 Å². The number of amides is 1. The Morgan fingerprint density at radius 1 is 1.08 bits per heavy atom. The zero-order valence-corrected chi connectivity index (χ0v) is 14.0. The maximum Gasteiger partial charge on any atom is 0.291 e. The second-order valence-corrected chi connectivity index (χ2v) is 5.95. The smallest absolute Gasteiger partial charge is 0.291 e. The molecule has 2 aromatic carbocycles. The highest BCUT2D eigenvalue weighted by molar-refractivity contribution is 6.07. The van der Waals surface area contributed by atoms with Gasteiger partial charge in [0.05, 0.1) is 11.0 Å². The molecule has 5 heteroatoms. The molecule has 0 radical (unpaired) electrons. The van der Waals surface area contributed by atoms with E-state index in [-0.39, 0.29) is 5.91 Å². The molecule has 0 aliphatic carbocycles. The maximum atomic E-state index is 12.7. The van der Waals surface area contributed by atoms with Crippen LogP contribution in [0.5, 0.6) is 0 Å². The lowest BCUT2D eigenvalue weighted by atomic mass is 10.1. The Bertz CT molecular complexity index is 1100. The normalized spacial score (nSPS) is 11.1. The lowest BCUT2D eigenvalue weighted by Gasteiger charge is -2.05. The van der Waals surface area contributed by atoms with Gasteiger partial charge >= 0.3 is 0 Å². The number of rotatable bonds is 3. The highest BCUT2D eigenvalue weighted by Gasteiger charge is 2.18. The quantitative estimate of drug-likeness (QED) is 0.600. The van der Waals surface area contributed by atoms with Gasteiger partial charge in [-0.05, 0) is 49.2 Å². The number of aromatic nitrogens is 2. The molecule has 2 heterocycles. The highest BCUT2D eigenvalue weighted by atomic mass is 16.3. The van der Waals surface area contributed by atoms with Crippen molar-refractivity contribution in [2.24, 2.45) is 0 Å². The van der Waals surface area contributed by atoms with Gasteiger partial charge in [-0.15, -0.1) is 0 Å². The van der Waals surface area contributed by atoms with Crippen molar-refractivity contribution in [1.29, 1.82) is 0 Å². The van der Waals surface area contributed by atoms with Gasteiger partial charge in [-0.1, -0.05) is 13.0 Å². The van der Waals surface area contributed by atoms with E-state index in [1.165, 1.54) is 5.56 Å². The van der Waals surface area contributed by atoms with E-state index < -0.39 is 0 Å². The predicted molar refractivity (Wildman–Crippen MR) is 97.8 cm³/mol. The summed E-state index contributed by atoms with van der Waals surface area (Å²) in [5.41, 5.74) is 4.97. The Hall–Kier alpha value is -3.21. The number of furan rings is 1. The highest BCUT2D eigenvalue weighted by Crippen LogP contribution is 2.27. The minimum absolute atomic E-state index is 0.269. The van der Waals surface area contributed by atoms with Crippen molar-refractivity contribution in [3.63, 3.8) is 0 Å². The first-order valence-corrected chi connectivity index (χ1v) is 8.20. The molecule has 1 N–H and O–H groups in total. The Labute approximate surface area is 144 Å². The molecule has 0 saturated heterocycles. The van der Waals surface area contributed by atoms with Crippen LogP contribution in [0.25, 0.3) is 22.0 Å². The van der Waals surface area contributed by atoms with Gasteiger partial charge in [0, 0.05) is 29.0 Å². The third kappa shape index (κ3) is 2.74. The van der Waals surface area contributed by atoms with E-state index in [4.69, 9.17) is 4.42 Å². The summed E-state index contributed by atoms with van der Waals surface area (Å²) in [6.07, 6.45) is 4.21. The van der Waals surface area contributed by atoms with Gasteiger partial charge in [0.1, 0.15) is 5.58 Å². The topological polar surface area (TPSA) is 68.0 Å². The molecule has 4 rings (SSSR count). The Morgan fingerprint density at radius 2 is 1.88 bits per heavy atom. The molecule has 0 fully saturated rings. The van der Waals surface area contributed by atoms with Crippen molar-refractivity contribution >= 4 is 33.6 Å². The molecule has 1 amide bonds. The minimum Gasteiger partial charge on any atom is -0.451 e. The SMILES string of the molecule is CCc1ccc2oc(C(=O)Nc3ccc4nccnc4c3)c(C)c2c1. The number of hydrogen-bond acceptors (Lipinski definition) is 4. The van der Waals surface area contributed by atoms with Gasteiger partial charge in [0.15, 0.2) is 5.76 Å².